The number of hydrogen-bond donors (Lipinski definition) is 0. The summed E-state index contributed by atoms with van der Waals surface area (Å²) >= 11 is 1.79. The molecule has 0 saturated carbocycles. The van der Waals surface area contributed by atoms with Gasteiger partial charge in [-0.05, 0) is 7.05 Å². The lowest BCUT2D eigenvalue weighted by atomic mass is 10.3. The summed E-state index contributed by atoms with van der Waals surface area (Å²) in [5.74, 6) is 0. The quantitative estimate of drug-likeness (QED) is 0.785. The molecular weight excluding hydrogens is 220 g/mol. The van der Waals surface area contributed by atoms with Crippen molar-refractivity contribution in [2.24, 2.45) is 0 Å². The smallest absolute Gasteiger partial charge is 0.185 e. The van der Waals surface area contributed by atoms with E-state index >= 15 is 0 Å². The van der Waals surface area contributed by atoms with Crippen LogP contribution < -0.4 is 4.90 Å². The molecule has 16 heavy (non-hydrogen) atoms. The molecule has 1 aromatic rings. The lowest BCUT2D eigenvalue weighted by molar-refractivity contribution is 0.149. The van der Waals surface area contributed by atoms with Gasteiger partial charge in [0.25, 0.3) is 0 Å². The topological polar surface area (TPSA) is 22.6 Å². The molecule has 0 bridgehead atoms. The zero-order valence-electron chi connectivity index (χ0n) is 10.3. The minimum atomic E-state index is 1.05. The molecule has 2 heterocycles. The van der Waals surface area contributed by atoms with Crippen molar-refractivity contribution in [1.82, 2.24) is 14.8 Å². The number of thiazole rings is 1. The molecule has 0 amide bonds. The highest BCUT2D eigenvalue weighted by Gasteiger charge is 2.15. The van der Waals surface area contributed by atoms with Crippen LogP contribution in [0.2, 0.25) is 0 Å². The average Bonchev–Trinajstić information content (AvgIpc) is 2.70. The van der Waals surface area contributed by atoms with Crippen LogP contribution in [0.4, 0.5) is 5.13 Å². The molecule has 90 valence electrons. The summed E-state index contributed by atoms with van der Waals surface area (Å²) in [4.78, 5) is 12.7. The second kappa shape index (κ2) is 5.12. The summed E-state index contributed by atoms with van der Waals surface area (Å²) in [7, 11) is 6.27. The number of hydrogen-bond acceptors (Lipinski definition) is 5. The van der Waals surface area contributed by atoms with E-state index in [4.69, 9.17) is 0 Å². The van der Waals surface area contributed by atoms with E-state index in [0.717, 1.165) is 11.7 Å². The van der Waals surface area contributed by atoms with Crippen molar-refractivity contribution in [2.75, 3.05) is 52.2 Å². The fourth-order valence-corrected chi connectivity index (χ4v) is 2.68. The highest BCUT2D eigenvalue weighted by atomic mass is 32.1. The van der Waals surface area contributed by atoms with E-state index in [2.05, 4.69) is 26.7 Å². The van der Waals surface area contributed by atoms with Gasteiger partial charge in [-0.15, -0.1) is 11.3 Å². The Morgan fingerprint density at radius 1 is 1.31 bits per heavy atom. The zero-order valence-corrected chi connectivity index (χ0v) is 11.1. The van der Waals surface area contributed by atoms with E-state index in [1.165, 1.54) is 31.1 Å². The van der Waals surface area contributed by atoms with Crippen molar-refractivity contribution in [3.05, 3.63) is 11.1 Å². The third-order valence-corrected chi connectivity index (χ3v) is 4.05. The summed E-state index contributed by atoms with van der Waals surface area (Å²) < 4.78 is 0. The molecule has 1 aliphatic heterocycles. The van der Waals surface area contributed by atoms with Crippen LogP contribution >= 0.6 is 11.3 Å². The molecular formula is C11H20N4S. The average molecular weight is 240 g/mol. The van der Waals surface area contributed by atoms with Crippen LogP contribution in [0, 0.1) is 0 Å². The lowest BCUT2D eigenvalue weighted by Crippen LogP contribution is -2.43. The predicted octanol–water partition coefficient (Wildman–Crippen LogP) is 0.956. The number of aromatic nitrogens is 1. The van der Waals surface area contributed by atoms with Gasteiger partial charge >= 0.3 is 0 Å². The van der Waals surface area contributed by atoms with Crippen LogP contribution in [-0.4, -0.2) is 62.1 Å². The predicted molar refractivity (Wildman–Crippen MR) is 69.2 cm³/mol. The Hall–Kier alpha value is -0.650. The molecule has 0 atom stereocenters. The summed E-state index contributed by atoms with van der Waals surface area (Å²) in [6.07, 6.45) is 2.01. The molecule has 0 spiro atoms. The molecule has 0 unspecified atom stereocenters. The number of likely N-dealkylation sites (N-methyl/N-ethyl adjacent to an activating group) is 1. The minimum absolute atomic E-state index is 1.05. The van der Waals surface area contributed by atoms with E-state index in [1.807, 2.05) is 20.3 Å². The molecule has 0 N–H and O–H groups in total. The van der Waals surface area contributed by atoms with Crippen LogP contribution in [0.3, 0.4) is 0 Å². The Labute approximate surface area is 101 Å². The van der Waals surface area contributed by atoms with Crippen molar-refractivity contribution in [3.63, 3.8) is 0 Å². The molecule has 2 rings (SSSR count). The van der Waals surface area contributed by atoms with Crippen molar-refractivity contribution in [2.45, 2.75) is 6.54 Å². The molecule has 1 aliphatic rings. The van der Waals surface area contributed by atoms with Gasteiger partial charge in [0.15, 0.2) is 5.13 Å². The zero-order chi connectivity index (χ0) is 11.5. The fourth-order valence-electron chi connectivity index (χ4n) is 1.80. The first-order valence-electron chi connectivity index (χ1n) is 5.68. The van der Waals surface area contributed by atoms with Crippen LogP contribution in [0.1, 0.15) is 4.88 Å². The molecule has 1 saturated heterocycles. The first-order valence-corrected chi connectivity index (χ1v) is 6.50. The molecule has 1 fully saturated rings. The lowest BCUT2D eigenvalue weighted by Gasteiger charge is -2.31. The van der Waals surface area contributed by atoms with Gasteiger partial charge < -0.3 is 9.80 Å². The van der Waals surface area contributed by atoms with E-state index < -0.39 is 0 Å². The number of piperazine rings is 1. The minimum Gasteiger partial charge on any atom is -0.354 e. The van der Waals surface area contributed by atoms with Crippen molar-refractivity contribution in [3.8, 4) is 0 Å². The van der Waals surface area contributed by atoms with E-state index in [0.29, 0.717) is 0 Å². The van der Waals surface area contributed by atoms with Crippen LogP contribution in [-0.2, 0) is 6.54 Å². The first-order chi connectivity index (χ1) is 7.65. The van der Waals surface area contributed by atoms with Gasteiger partial charge in [-0.3, -0.25) is 4.90 Å². The Kier molecular flexibility index (Phi) is 3.78. The van der Waals surface area contributed by atoms with Crippen LogP contribution in [0.25, 0.3) is 0 Å². The maximum atomic E-state index is 4.40. The van der Waals surface area contributed by atoms with Gasteiger partial charge in [0, 0.05) is 57.9 Å². The third-order valence-electron chi connectivity index (χ3n) is 2.90. The van der Waals surface area contributed by atoms with Crippen molar-refractivity contribution < 1.29 is 0 Å². The Morgan fingerprint density at radius 3 is 2.56 bits per heavy atom. The maximum Gasteiger partial charge on any atom is 0.185 e. The molecule has 0 aliphatic carbocycles. The van der Waals surface area contributed by atoms with Gasteiger partial charge in [0.2, 0.25) is 0 Å². The third kappa shape index (κ3) is 2.93. The summed E-state index contributed by atoms with van der Waals surface area (Å²) in [5.41, 5.74) is 0. The van der Waals surface area contributed by atoms with Gasteiger partial charge in [-0.1, -0.05) is 0 Å². The van der Waals surface area contributed by atoms with Crippen LogP contribution in [0.5, 0.6) is 0 Å². The highest BCUT2D eigenvalue weighted by Crippen LogP contribution is 2.21. The van der Waals surface area contributed by atoms with E-state index in [9.17, 15) is 0 Å². The molecule has 0 radical (unpaired) electrons. The number of nitrogens with zero attached hydrogens (tertiary/aromatic N) is 4. The molecule has 1 aromatic heterocycles. The molecule has 0 aromatic carbocycles. The second-order valence-corrected chi connectivity index (χ2v) is 5.68. The second-order valence-electron chi connectivity index (χ2n) is 4.58. The van der Waals surface area contributed by atoms with E-state index in [-0.39, 0.29) is 0 Å². The normalized spacial score (nSPS) is 18.9. The summed E-state index contributed by atoms with van der Waals surface area (Å²) in [6.45, 7) is 5.76. The monoisotopic (exact) mass is 240 g/mol. The van der Waals surface area contributed by atoms with Gasteiger partial charge in [0.05, 0.1) is 0 Å². The summed E-state index contributed by atoms with van der Waals surface area (Å²) in [6, 6.07) is 0. The van der Waals surface area contributed by atoms with Gasteiger partial charge in [-0.25, -0.2) is 4.98 Å². The molecule has 5 heteroatoms. The molecule has 4 nitrogen and oxygen atoms in total. The fraction of sp³-hybridized carbons (Fsp3) is 0.727. The Balaban J connectivity index is 1.88. The SMILES string of the molecule is CN1CCN(Cc2cnc(N(C)C)s2)CC1. The first kappa shape index (κ1) is 11.8. The van der Waals surface area contributed by atoms with Crippen molar-refractivity contribution >= 4 is 16.5 Å². The summed E-state index contributed by atoms with van der Waals surface area (Å²) in [5, 5.41) is 1.10. The number of rotatable bonds is 3. The largest absolute Gasteiger partial charge is 0.354 e. The maximum absolute atomic E-state index is 4.40. The Bertz CT molecular complexity index is 328. The van der Waals surface area contributed by atoms with E-state index in [1.54, 1.807) is 11.3 Å². The Morgan fingerprint density at radius 2 is 2.00 bits per heavy atom. The van der Waals surface area contributed by atoms with Crippen molar-refractivity contribution in [1.29, 1.82) is 0 Å². The number of anilines is 1. The van der Waals surface area contributed by atoms with Crippen LogP contribution in [0.15, 0.2) is 6.20 Å². The van der Waals surface area contributed by atoms with Gasteiger partial charge in [0.1, 0.15) is 0 Å². The van der Waals surface area contributed by atoms with Gasteiger partial charge in [-0.2, -0.15) is 0 Å². The highest BCUT2D eigenvalue weighted by molar-refractivity contribution is 7.15. The standard InChI is InChI=1S/C11H20N4S/c1-13(2)11-12-8-10(16-11)9-15-6-4-14(3)5-7-15/h8H,4-7,9H2,1-3H3.